The van der Waals surface area contributed by atoms with Crippen LogP contribution in [-0.4, -0.2) is 52.0 Å². The summed E-state index contributed by atoms with van der Waals surface area (Å²) >= 11 is 0. The number of hydrogen-bond acceptors (Lipinski definition) is 5. The van der Waals surface area contributed by atoms with Gasteiger partial charge in [0.25, 0.3) is 0 Å². The molecule has 1 aromatic rings. The first-order valence-corrected chi connectivity index (χ1v) is 7.90. The van der Waals surface area contributed by atoms with Crippen LogP contribution in [0.4, 0.5) is 4.79 Å². The summed E-state index contributed by atoms with van der Waals surface area (Å²) in [5.74, 6) is -0.319. The topological polar surface area (TPSA) is 73.7 Å². The quantitative estimate of drug-likeness (QED) is 0.798. The molecule has 0 aromatic carbocycles. The molecule has 0 spiro atoms. The molecule has 128 valence electrons. The Labute approximate surface area is 136 Å². The van der Waals surface area contributed by atoms with Crippen molar-refractivity contribution in [3.05, 3.63) is 17.5 Å². The highest BCUT2D eigenvalue weighted by atomic mass is 16.6. The number of aromatic nitrogens is 2. The fourth-order valence-corrected chi connectivity index (χ4v) is 2.77. The standard InChI is InChI=1S/C16H25N3O4/c1-6-22-14(20)12-9-17-18(5)13(12)11-7-8-19(10-11)15(21)23-16(2,3)4/h9,11H,6-8,10H2,1-5H3. The number of likely N-dealkylation sites (tertiary alicyclic amines) is 1. The second-order valence-corrected chi connectivity index (χ2v) is 6.70. The van der Waals surface area contributed by atoms with Crippen LogP contribution in [0.3, 0.4) is 0 Å². The van der Waals surface area contributed by atoms with Gasteiger partial charge in [-0.15, -0.1) is 0 Å². The Hall–Kier alpha value is -2.05. The lowest BCUT2D eigenvalue weighted by Crippen LogP contribution is -2.35. The van der Waals surface area contributed by atoms with Gasteiger partial charge in [0.1, 0.15) is 11.2 Å². The molecule has 0 saturated carbocycles. The van der Waals surface area contributed by atoms with Crippen LogP contribution in [0.15, 0.2) is 6.20 Å². The molecule has 2 rings (SSSR count). The Bertz CT molecular complexity index is 589. The van der Waals surface area contributed by atoms with Gasteiger partial charge in [0, 0.05) is 26.1 Å². The van der Waals surface area contributed by atoms with Gasteiger partial charge in [-0.3, -0.25) is 4.68 Å². The molecular formula is C16H25N3O4. The molecule has 1 saturated heterocycles. The molecule has 0 aliphatic carbocycles. The maximum Gasteiger partial charge on any atom is 0.410 e. The number of carbonyl (C=O) groups excluding carboxylic acids is 2. The second-order valence-electron chi connectivity index (χ2n) is 6.70. The third-order valence-corrected chi connectivity index (χ3v) is 3.71. The lowest BCUT2D eigenvalue weighted by Gasteiger charge is -2.24. The molecule has 1 atom stereocenters. The molecule has 23 heavy (non-hydrogen) atoms. The van der Waals surface area contributed by atoms with Crippen LogP contribution in [0.5, 0.6) is 0 Å². The Morgan fingerprint density at radius 1 is 1.39 bits per heavy atom. The Morgan fingerprint density at radius 2 is 2.09 bits per heavy atom. The van der Waals surface area contributed by atoms with Crippen molar-refractivity contribution in [1.82, 2.24) is 14.7 Å². The van der Waals surface area contributed by atoms with Crippen molar-refractivity contribution in [3.8, 4) is 0 Å². The van der Waals surface area contributed by atoms with Gasteiger partial charge in [0.15, 0.2) is 0 Å². The summed E-state index contributed by atoms with van der Waals surface area (Å²) in [6.07, 6.45) is 1.98. The highest BCUT2D eigenvalue weighted by molar-refractivity contribution is 5.90. The van der Waals surface area contributed by atoms with E-state index in [0.29, 0.717) is 25.3 Å². The Kier molecular flexibility index (Phi) is 4.97. The molecule has 1 unspecified atom stereocenters. The fourth-order valence-electron chi connectivity index (χ4n) is 2.77. The molecule has 1 aromatic heterocycles. The van der Waals surface area contributed by atoms with Gasteiger partial charge in [-0.2, -0.15) is 5.10 Å². The largest absolute Gasteiger partial charge is 0.462 e. The van der Waals surface area contributed by atoms with E-state index in [0.717, 1.165) is 12.1 Å². The lowest BCUT2D eigenvalue weighted by molar-refractivity contribution is 0.0292. The lowest BCUT2D eigenvalue weighted by atomic mass is 10.0. The van der Waals surface area contributed by atoms with Gasteiger partial charge in [-0.25, -0.2) is 9.59 Å². The molecule has 7 nitrogen and oxygen atoms in total. The van der Waals surface area contributed by atoms with E-state index in [4.69, 9.17) is 9.47 Å². The van der Waals surface area contributed by atoms with Crippen molar-refractivity contribution in [3.63, 3.8) is 0 Å². The number of carbonyl (C=O) groups is 2. The minimum atomic E-state index is -0.516. The Morgan fingerprint density at radius 3 is 2.70 bits per heavy atom. The first-order valence-electron chi connectivity index (χ1n) is 7.90. The summed E-state index contributed by atoms with van der Waals surface area (Å²) in [6, 6.07) is 0. The predicted octanol–water partition coefficient (Wildman–Crippen LogP) is 2.32. The van der Waals surface area contributed by atoms with Crippen molar-refractivity contribution < 1.29 is 19.1 Å². The molecule has 1 aliphatic rings. The summed E-state index contributed by atoms with van der Waals surface area (Å²) in [6.45, 7) is 8.75. The van der Waals surface area contributed by atoms with Crippen molar-refractivity contribution >= 4 is 12.1 Å². The molecule has 1 fully saturated rings. The molecule has 0 bridgehead atoms. The third-order valence-electron chi connectivity index (χ3n) is 3.71. The molecule has 1 amide bonds. The van der Waals surface area contributed by atoms with Crippen LogP contribution >= 0.6 is 0 Å². The summed E-state index contributed by atoms with van der Waals surface area (Å²) in [4.78, 5) is 25.9. The average Bonchev–Trinajstić information content (AvgIpc) is 3.03. The van der Waals surface area contributed by atoms with E-state index in [2.05, 4.69) is 5.10 Å². The summed E-state index contributed by atoms with van der Waals surface area (Å²) in [7, 11) is 1.80. The molecule has 0 N–H and O–H groups in total. The first kappa shape index (κ1) is 17.3. The number of amides is 1. The Balaban J connectivity index is 2.12. The second kappa shape index (κ2) is 6.60. The highest BCUT2D eigenvalue weighted by Gasteiger charge is 2.34. The zero-order valence-corrected chi connectivity index (χ0v) is 14.5. The van der Waals surface area contributed by atoms with Gasteiger partial charge in [0.2, 0.25) is 0 Å². The molecule has 2 heterocycles. The van der Waals surface area contributed by atoms with Gasteiger partial charge in [-0.1, -0.05) is 0 Å². The molecular weight excluding hydrogens is 298 g/mol. The average molecular weight is 323 g/mol. The van der Waals surface area contributed by atoms with Crippen LogP contribution in [0, 0.1) is 0 Å². The minimum absolute atomic E-state index is 0.0504. The highest BCUT2D eigenvalue weighted by Crippen LogP contribution is 2.30. The number of nitrogens with zero attached hydrogens (tertiary/aromatic N) is 3. The number of ether oxygens (including phenoxy) is 2. The summed E-state index contributed by atoms with van der Waals surface area (Å²) < 4.78 is 12.2. The van der Waals surface area contributed by atoms with E-state index in [9.17, 15) is 9.59 Å². The van der Waals surface area contributed by atoms with Crippen LogP contribution in [0.1, 0.15) is 56.1 Å². The van der Waals surface area contributed by atoms with Crippen molar-refractivity contribution in [2.45, 2.75) is 45.6 Å². The van der Waals surface area contributed by atoms with E-state index in [-0.39, 0.29) is 18.0 Å². The van der Waals surface area contributed by atoms with E-state index < -0.39 is 5.60 Å². The van der Waals surface area contributed by atoms with E-state index in [1.165, 1.54) is 6.20 Å². The van der Waals surface area contributed by atoms with Crippen LogP contribution in [0.25, 0.3) is 0 Å². The van der Waals surface area contributed by atoms with Crippen molar-refractivity contribution in [1.29, 1.82) is 0 Å². The first-order chi connectivity index (χ1) is 10.7. The normalized spacial score (nSPS) is 18.1. The minimum Gasteiger partial charge on any atom is -0.462 e. The van der Waals surface area contributed by atoms with Gasteiger partial charge in [0.05, 0.1) is 18.5 Å². The maximum absolute atomic E-state index is 12.2. The molecule has 0 radical (unpaired) electrons. The maximum atomic E-state index is 12.2. The number of aryl methyl sites for hydroxylation is 1. The van der Waals surface area contributed by atoms with Gasteiger partial charge < -0.3 is 14.4 Å². The monoisotopic (exact) mass is 323 g/mol. The van der Waals surface area contributed by atoms with E-state index in [1.807, 2.05) is 20.8 Å². The summed E-state index contributed by atoms with van der Waals surface area (Å²) in [5, 5.41) is 4.17. The van der Waals surface area contributed by atoms with Crippen LogP contribution in [0.2, 0.25) is 0 Å². The van der Waals surface area contributed by atoms with Gasteiger partial charge in [-0.05, 0) is 34.1 Å². The summed E-state index contributed by atoms with van der Waals surface area (Å²) in [5.41, 5.74) is 0.775. The van der Waals surface area contributed by atoms with Crippen LogP contribution in [-0.2, 0) is 16.5 Å². The van der Waals surface area contributed by atoms with Crippen molar-refractivity contribution in [2.75, 3.05) is 19.7 Å². The molecule has 7 heteroatoms. The predicted molar refractivity (Wildman–Crippen MR) is 84.3 cm³/mol. The zero-order valence-electron chi connectivity index (χ0n) is 14.5. The zero-order chi connectivity index (χ0) is 17.2. The number of rotatable bonds is 3. The van der Waals surface area contributed by atoms with E-state index in [1.54, 1.807) is 23.6 Å². The van der Waals surface area contributed by atoms with Gasteiger partial charge >= 0.3 is 12.1 Å². The SMILES string of the molecule is CCOC(=O)c1cnn(C)c1C1CCN(C(=O)OC(C)(C)C)C1. The third kappa shape index (κ3) is 4.03. The number of hydrogen-bond donors (Lipinski definition) is 0. The number of esters is 1. The van der Waals surface area contributed by atoms with E-state index >= 15 is 0 Å². The molecule has 1 aliphatic heterocycles. The van der Waals surface area contributed by atoms with Crippen molar-refractivity contribution in [2.24, 2.45) is 7.05 Å². The van der Waals surface area contributed by atoms with Crippen LogP contribution < -0.4 is 0 Å². The fraction of sp³-hybridized carbons (Fsp3) is 0.688. The smallest absolute Gasteiger partial charge is 0.410 e.